The molecule has 0 aromatic rings. The van der Waals surface area contributed by atoms with Crippen LogP contribution in [0.5, 0.6) is 0 Å². The highest BCUT2D eigenvalue weighted by Crippen LogP contribution is 2.19. The molecule has 0 aliphatic carbocycles. The van der Waals surface area contributed by atoms with E-state index in [0.29, 0.717) is 6.42 Å². The molecule has 1 aliphatic rings. The van der Waals surface area contributed by atoms with E-state index in [0.717, 1.165) is 0 Å². The molecule has 4 atom stereocenters. The first-order chi connectivity index (χ1) is 15.8. The fourth-order valence-corrected chi connectivity index (χ4v) is 3.40. The van der Waals surface area contributed by atoms with E-state index >= 15 is 0 Å². The lowest BCUT2D eigenvalue weighted by molar-refractivity contribution is -0.144. The number of carboxylic acid groups (broad SMARTS) is 3. The predicted octanol–water partition coefficient (Wildman–Crippen LogP) is -3.04. The number of rotatable bonds is 14. The molecule has 4 amide bonds. The van der Waals surface area contributed by atoms with Gasteiger partial charge in [-0.05, 0) is 25.7 Å². The van der Waals surface area contributed by atoms with E-state index in [9.17, 15) is 33.6 Å². The number of amides is 4. The van der Waals surface area contributed by atoms with Crippen LogP contribution in [0.2, 0.25) is 0 Å². The molecule has 4 unspecified atom stereocenters. The minimum atomic E-state index is -1.69. The molecule has 15 heteroatoms. The van der Waals surface area contributed by atoms with Gasteiger partial charge in [-0.15, -0.1) is 0 Å². The summed E-state index contributed by atoms with van der Waals surface area (Å²) in [6.45, 7) is 0.170. The Hall–Kier alpha value is -3.75. The summed E-state index contributed by atoms with van der Waals surface area (Å²) >= 11 is 0. The van der Waals surface area contributed by atoms with Gasteiger partial charge in [0.1, 0.15) is 18.1 Å². The van der Waals surface area contributed by atoms with Crippen molar-refractivity contribution in [2.24, 2.45) is 11.5 Å². The van der Waals surface area contributed by atoms with Crippen LogP contribution in [0.15, 0.2) is 0 Å². The van der Waals surface area contributed by atoms with Crippen molar-refractivity contribution in [1.82, 2.24) is 15.5 Å². The van der Waals surface area contributed by atoms with Gasteiger partial charge in [0.25, 0.3) is 0 Å². The maximum Gasteiger partial charge on any atom is 0.326 e. The number of carbonyl (C=O) groups is 7. The number of nitrogens with zero attached hydrogens (tertiary/aromatic N) is 1. The summed E-state index contributed by atoms with van der Waals surface area (Å²) in [5.41, 5.74) is 10.7. The molecule has 1 fully saturated rings. The third kappa shape index (κ3) is 9.01. The first-order valence-corrected chi connectivity index (χ1v) is 10.4. The van der Waals surface area contributed by atoms with Gasteiger partial charge in [-0.3, -0.25) is 28.8 Å². The molecule has 1 rings (SSSR count). The van der Waals surface area contributed by atoms with Gasteiger partial charge in [-0.1, -0.05) is 0 Å². The van der Waals surface area contributed by atoms with Crippen molar-refractivity contribution in [3.8, 4) is 0 Å². The van der Waals surface area contributed by atoms with E-state index in [1.807, 2.05) is 5.32 Å². The van der Waals surface area contributed by atoms with E-state index in [1.165, 1.54) is 4.90 Å². The number of hydrogen-bond donors (Lipinski definition) is 7. The Bertz CT molecular complexity index is 832. The highest BCUT2D eigenvalue weighted by Gasteiger charge is 2.38. The quantitative estimate of drug-likeness (QED) is 0.129. The van der Waals surface area contributed by atoms with Crippen LogP contribution >= 0.6 is 0 Å². The van der Waals surface area contributed by atoms with Crippen LogP contribution in [-0.4, -0.2) is 92.5 Å². The van der Waals surface area contributed by atoms with Crippen molar-refractivity contribution in [3.05, 3.63) is 0 Å². The molecule has 9 N–H and O–H groups in total. The van der Waals surface area contributed by atoms with Gasteiger partial charge in [0, 0.05) is 19.4 Å². The standard InChI is InChI=1S/C19H29N5O10/c20-9(3-5-14(26)27)18(32)24-7-1-2-12(24)17(31)22-10(4-6-15(28)29)16(30)23-11(19(33)34)8-13(21)25/h9-12H,1-8,20H2,(H2,21,25)(H,22,31)(H,23,30)(H,26,27)(H,28,29)(H,33,34). The zero-order chi connectivity index (χ0) is 26.0. The molecule has 0 aromatic carbocycles. The number of likely N-dealkylation sites (tertiary alicyclic amines) is 1. The van der Waals surface area contributed by atoms with Gasteiger partial charge < -0.3 is 42.3 Å². The van der Waals surface area contributed by atoms with E-state index in [4.69, 9.17) is 26.8 Å². The monoisotopic (exact) mass is 487 g/mol. The maximum atomic E-state index is 12.8. The molecule has 1 aliphatic heterocycles. The topological polar surface area (TPSA) is 260 Å². The van der Waals surface area contributed by atoms with Crippen LogP contribution < -0.4 is 22.1 Å². The lowest BCUT2D eigenvalue weighted by Gasteiger charge is -2.28. The van der Waals surface area contributed by atoms with Crippen LogP contribution in [-0.2, 0) is 33.6 Å². The summed E-state index contributed by atoms with van der Waals surface area (Å²) in [6, 6.07) is -5.35. The number of primary amides is 1. The molecule has 1 heterocycles. The SMILES string of the molecule is NC(=O)CC(NC(=O)C(CCC(=O)O)NC(=O)C1CCCN1C(=O)C(N)CCC(=O)O)C(=O)O. The number of nitrogens with two attached hydrogens (primary N) is 2. The molecule has 15 nitrogen and oxygen atoms in total. The summed E-state index contributed by atoms with van der Waals surface area (Å²) in [6.07, 6.45) is -1.49. The number of hydrogen-bond acceptors (Lipinski definition) is 8. The second-order valence-electron chi connectivity index (χ2n) is 7.79. The average Bonchev–Trinajstić information content (AvgIpc) is 3.23. The Morgan fingerprint density at radius 3 is 2.03 bits per heavy atom. The third-order valence-corrected chi connectivity index (χ3v) is 5.12. The Morgan fingerprint density at radius 2 is 1.50 bits per heavy atom. The second kappa shape index (κ2) is 13.1. The van der Waals surface area contributed by atoms with Crippen molar-refractivity contribution in [1.29, 1.82) is 0 Å². The molecule has 34 heavy (non-hydrogen) atoms. The van der Waals surface area contributed by atoms with Gasteiger partial charge in [0.2, 0.25) is 23.6 Å². The van der Waals surface area contributed by atoms with Crippen molar-refractivity contribution in [2.75, 3.05) is 6.54 Å². The second-order valence-corrected chi connectivity index (χ2v) is 7.79. The van der Waals surface area contributed by atoms with E-state index in [1.54, 1.807) is 0 Å². The number of nitrogens with one attached hydrogen (secondary N) is 2. The molecule has 0 saturated carbocycles. The highest BCUT2D eigenvalue weighted by molar-refractivity contribution is 5.95. The van der Waals surface area contributed by atoms with Crippen LogP contribution in [0.3, 0.4) is 0 Å². The molecule has 1 saturated heterocycles. The van der Waals surface area contributed by atoms with E-state index in [-0.39, 0.29) is 25.8 Å². The molecule has 0 bridgehead atoms. The van der Waals surface area contributed by atoms with Gasteiger partial charge >= 0.3 is 17.9 Å². The summed E-state index contributed by atoms with van der Waals surface area (Å²) in [7, 11) is 0. The van der Waals surface area contributed by atoms with E-state index in [2.05, 4.69) is 5.32 Å². The largest absolute Gasteiger partial charge is 0.481 e. The molecule has 190 valence electrons. The van der Waals surface area contributed by atoms with Crippen molar-refractivity contribution in [3.63, 3.8) is 0 Å². The lowest BCUT2D eigenvalue weighted by atomic mass is 10.1. The zero-order valence-corrected chi connectivity index (χ0v) is 18.3. The maximum absolute atomic E-state index is 12.8. The lowest BCUT2D eigenvalue weighted by Crippen LogP contribution is -2.57. The van der Waals surface area contributed by atoms with Crippen LogP contribution in [0, 0.1) is 0 Å². The van der Waals surface area contributed by atoms with Crippen LogP contribution in [0.1, 0.15) is 44.9 Å². The normalized spacial score (nSPS) is 17.8. The van der Waals surface area contributed by atoms with Crippen LogP contribution in [0.25, 0.3) is 0 Å². The van der Waals surface area contributed by atoms with Gasteiger partial charge in [0.05, 0.1) is 12.5 Å². The number of aliphatic carboxylic acids is 3. The van der Waals surface area contributed by atoms with Gasteiger partial charge in [-0.2, -0.15) is 0 Å². The molecular weight excluding hydrogens is 458 g/mol. The first kappa shape index (κ1) is 28.3. The number of carbonyl (C=O) groups excluding carboxylic acids is 4. The minimum Gasteiger partial charge on any atom is -0.481 e. The highest BCUT2D eigenvalue weighted by atomic mass is 16.4. The minimum absolute atomic E-state index is 0.140. The first-order valence-electron chi connectivity index (χ1n) is 10.4. The Labute approximate surface area is 193 Å². The predicted molar refractivity (Wildman–Crippen MR) is 112 cm³/mol. The third-order valence-electron chi connectivity index (χ3n) is 5.12. The zero-order valence-electron chi connectivity index (χ0n) is 18.3. The summed E-state index contributed by atoms with van der Waals surface area (Å²) in [5, 5.41) is 31.2. The van der Waals surface area contributed by atoms with Crippen molar-refractivity contribution in [2.45, 2.75) is 69.1 Å². The van der Waals surface area contributed by atoms with E-state index < -0.39 is 85.0 Å². The Morgan fingerprint density at radius 1 is 0.912 bits per heavy atom. The number of carboxylic acids is 3. The smallest absolute Gasteiger partial charge is 0.326 e. The van der Waals surface area contributed by atoms with Crippen molar-refractivity contribution >= 4 is 41.5 Å². The molecule has 0 spiro atoms. The Kier molecular flexibility index (Phi) is 10.9. The fourth-order valence-electron chi connectivity index (χ4n) is 3.40. The molecule has 0 radical (unpaired) electrons. The van der Waals surface area contributed by atoms with Gasteiger partial charge in [-0.25, -0.2) is 4.79 Å². The average molecular weight is 487 g/mol. The fraction of sp³-hybridized carbons (Fsp3) is 0.632. The molecular formula is C19H29N5O10. The summed E-state index contributed by atoms with van der Waals surface area (Å²) < 4.78 is 0. The Balaban J connectivity index is 2.93. The summed E-state index contributed by atoms with van der Waals surface area (Å²) in [5.74, 6) is -7.45. The van der Waals surface area contributed by atoms with Gasteiger partial charge in [0.15, 0.2) is 0 Å². The summed E-state index contributed by atoms with van der Waals surface area (Å²) in [4.78, 5) is 83.2. The molecule has 0 aromatic heterocycles. The van der Waals surface area contributed by atoms with Crippen LogP contribution in [0.4, 0.5) is 0 Å². The van der Waals surface area contributed by atoms with Crippen molar-refractivity contribution < 1.29 is 48.9 Å².